The zero-order valence-electron chi connectivity index (χ0n) is 14.3. The van der Waals surface area contributed by atoms with Gasteiger partial charge in [0.1, 0.15) is 5.78 Å². The van der Waals surface area contributed by atoms with E-state index in [4.69, 9.17) is 0 Å². The first-order valence-electron chi connectivity index (χ1n) is 8.24. The van der Waals surface area contributed by atoms with Crippen LogP contribution in [0.1, 0.15) is 46.0 Å². The molecule has 0 N–H and O–H groups in total. The normalized spacial score (nSPS) is 9.48. The molecule has 0 aliphatic carbocycles. The van der Waals surface area contributed by atoms with Crippen LogP contribution in [0.4, 0.5) is 0 Å². The standard InChI is InChI=1S/C13H11O.C9H11O.Fe/c14-13(12-8-4-5-9-12)10-11-6-2-1-3-7-11;1-2-5-9(10)8-6-3-4-7-8;/h1-9H,10H2;3-4,6-7H,2,5H2,1H3;/q-5;-1;. The second-order valence-electron chi connectivity index (χ2n) is 5.61. The van der Waals surface area contributed by atoms with Crippen molar-refractivity contribution < 1.29 is 26.7 Å². The molecule has 0 atom stereocenters. The molecular formula is C22H22FeO2-6. The fourth-order valence-corrected chi connectivity index (χ4v) is 2.37. The topological polar surface area (TPSA) is 34.1 Å². The van der Waals surface area contributed by atoms with Crippen LogP contribution in [0.3, 0.4) is 0 Å². The van der Waals surface area contributed by atoms with Crippen molar-refractivity contribution in [1.29, 1.82) is 0 Å². The molecule has 0 bridgehead atoms. The third kappa shape index (κ3) is 7.04. The molecule has 0 saturated carbocycles. The number of hydrogen-bond donors (Lipinski definition) is 0. The van der Waals surface area contributed by atoms with Crippen molar-refractivity contribution in [2.75, 3.05) is 0 Å². The molecule has 0 saturated heterocycles. The third-order valence-electron chi connectivity index (χ3n) is 3.65. The molecule has 3 aromatic rings. The van der Waals surface area contributed by atoms with Gasteiger partial charge in [-0.25, -0.2) is 12.1 Å². The summed E-state index contributed by atoms with van der Waals surface area (Å²) in [6.07, 6.45) is 2.10. The maximum absolute atomic E-state index is 11.7. The Balaban J connectivity index is 0.000000254. The van der Waals surface area contributed by atoms with E-state index in [1.54, 1.807) is 0 Å². The van der Waals surface area contributed by atoms with Crippen molar-refractivity contribution in [2.45, 2.75) is 26.2 Å². The Morgan fingerprint density at radius 2 is 1.52 bits per heavy atom. The molecule has 25 heavy (non-hydrogen) atoms. The van der Waals surface area contributed by atoms with Gasteiger partial charge in [-0.05, 0) is 12.8 Å². The quantitative estimate of drug-likeness (QED) is 0.337. The van der Waals surface area contributed by atoms with Crippen LogP contribution in [0.25, 0.3) is 0 Å². The van der Waals surface area contributed by atoms with Crippen molar-refractivity contribution in [3.8, 4) is 0 Å². The maximum Gasteiger partial charge on any atom is 0.108 e. The van der Waals surface area contributed by atoms with Gasteiger partial charge in [0.25, 0.3) is 0 Å². The van der Waals surface area contributed by atoms with Gasteiger partial charge in [0.05, 0.1) is 0 Å². The number of carbonyl (C=O) groups excluding carboxylic acids is 2. The van der Waals surface area contributed by atoms with Gasteiger partial charge in [0.15, 0.2) is 0 Å². The average molecular weight is 374 g/mol. The monoisotopic (exact) mass is 374 g/mol. The first-order valence-corrected chi connectivity index (χ1v) is 8.24. The minimum Gasteiger partial charge on any atom is -0.718 e. The van der Waals surface area contributed by atoms with Crippen molar-refractivity contribution in [3.63, 3.8) is 0 Å². The SMILES string of the molecule is CCCC(=O)[c-]1cccc1.O=C(Cc1ccccc1)[c-]1[cH-][cH-][cH-][cH-]1.[Fe]. The minimum atomic E-state index is 0. The van der Waals surface area contributed by atoms with Crippen molar-refractivity contribution in [1.82, 2.24) is 0 Å². The second kappa shape index (κ2) is 11.4. The van der Waals surface area contributed by atoms with E-state index in [2.05, 4.69) is 0 Å². The van der Waals surface area contributed by atoms with Gasteiger partial charge in [-0.3, -0.25) is 5.78 Å². The van der Waals surface area contributed by atoms with E-state index < -0.39 is 0 Å². The van der Waals surface area contributed by atoms with Crippen LogP contribution in [-0.4, -0.2) is 11.6 Å². The largest absolute Gasteiger partial charge is 0.718 e. The zero-order chi connectivity index (χ0) is 17.2. The molecule has 0 aliphatic heterocycles. The summed E-state index contributed by atoms with van der Waals surface area (Å²) in [6.45, 7) is 2.01. The zero-order valence-corrected chi connectivity index (χ0v) is 15.4. The predicted molar refractivity (Wildman–Crippen MR) is 97.8 cm³/mol. The molecule has 0 fully saturated rings. The number of benzene rings is 1. The van der Waals surface area contributed by atoms with Crippen LogP contribution < -0.4 is 0 Å². The maximum atomic E-state index is 11.7. The first kappa shape index (κ1) is 20.8. The molecule has 0 unspecified atom stereocenters. The van der Waals surface area contributed by atoms with Crippen molar-refractivity contribution in [3.05, 3.63) is 95.6 Å². The predicted octanol–water partition coefficient (Wildman–Crippen LogP) is 5.22. The Hall–Kier alpha value is -2.22. The van der Waals surface area contributed by atoms with Gasteiger partial charge in [-0.2, -0.15) is 12.1 Å². The molecule has 3 heteroatoms. The smallest absolute Gasteiger partial charge is 0.108 e. The third-order valence-corrected chi connectivity index (χ3v) is 3.65. The van der Waals surface area contributed by atoms with E-state index in [-0.39, 0.29) is 28.6 Å². The van der Waals surface area contributed by atoms with Gasteiger partial charge < -0.3 is 39.4 Å². The Bertz CT molecular complexity index is 726. The molecule has 2 nitrogen and oxygen atoms in total. The Kier molecular flexibility index (Phi) is 9.46. The Morgan fingerprint density at radius 3 is 2.08 bits per heavy atom. The summed E-state index contributed by atoms with van der Waals surface area (Å²) in [7, 11) is 0. The van der Waals surface area contributed by atoms with E-state index in [9.17, 15) is 9.59 Å². The van der Waals surface area contributed by atoms with Crippen LogP contribution >= 0.6 is 0 Å². The van der Waals surface area contributed by atoms with E-state index in [1.807, 2.05) is 85.8 Å². The molecule has 0 radical (unpaired) electrons. The fraction of sp³-hybridized carbons (Fsp3) is 0.182. The van der Waals surface area contributed by atoms with Gasteiger partial charge >= 0.3 is 0 Å². The molecule has 0 spiro atoms. The summed E-state index contributed by atoms with van der Waals surface area (Å²) in [5, 5.41) is 0. The van der Waals surface area contributed by atoms with Gasteiger partial charge in [-0.15, -0.1) is 0 Å². The molecule has 0 heterocycles. The molecule has 0 aromatic heterocycles. The van der Waals surface area contributed by atoms with Crippen molar-refractivity contribution >= 4 is 11.6 Å². The number of carbonyl (C=O) groups is 2. The van der Waals surface area contributed by atoms with E-state index in [0.717, 1.165) is 23.1 Å². The molecule has 0 amide bonds. The van der Waals surface area contributed by atoms with Crippen LogP contribution in [0.2, 0.25) is 0 Å². The first-order chi connectivity index (χ1) is 11.7. The summed E-state index contributed by atoms with van der Waals surface area (Å²) in [5.74, 6) is 0.439. The van der Waals surface area contributed by atoms with Crippen LogP contribution in [0.5, 0.6) is 0 Å². The summed E-state index contributed by atoms with van der Waals surface area (Å²) >= 11 is 0. The number of rotatable bonds is 6. The number of hydrogen-bond acceptors (Lipinski definition) is 2. The van der Waals surface area contributed by atoms with Gasteiger partial charge in [0, 0.05) is 17.1 Å². The van der Waals surface area contributed by atoms with Crippen LogP contribution in [0, 0.1) is 0 Å². The van der Waals surface area contributed by atoms with Crippen molar-refractivity contribution in [2.24, 2.45) is 0 Å². The number of ketones is 2. The molecular weight excluding hydrogens is 352 g/mol. The van der Waals surface area contributed by atoms with Gasteiger partial charge in [0.2, 0.25) is 0 Å². The van der Waals surface area contributed by atoms with Crippen LogP contribution in [0.15, 0.2) is 78.9 Å². The summed E-state index contributed by atoms with van der Waals surface area (Å²) < 4.78 is 0. The Morgan fingerprint density at radius 1 is 0.920 bits per heavy atom. The second-order valence-corrected chi connectivity index (χ2v) is 5.61. The molecule has 3 aromatic carbocycles. The van der Waals surface area contributed by atoms with Crippen LogP contribution in [-0.2, 0) is 23.5 Å². The summed E-state index contributed by atoms with van der Waals surface area (Å²) in [6, 6.07) is 24.8. The summed E-state index contributed by atoms with van der Waals surface area (Å²) in [4.78, 5) is 22.8. The summed E-state index contributed by atoms with van der Waals surface area (Å²) in [5.41, 5.74) is 2.72. The molecule has 3 rings (SSSR count). The van der Waals surface area contributed by atoms with E-state index in [1.165, 1.54) is 0 Å². The molecule has 136 valence electrons. The number of Topliss-reactive ketones (excluding diaryl/α,β-unsaturated/α-hetero) is 2. The molecule has 0 aliphatic rings. The minimum absolute atomic E-state index is 0. The van der Waals surface area contributed by atoms with E-state index >= 15 is 0 Å². The average Bonchev–Trinajstić information content (AvgIpc) is 3.30. The Labute approximate surface area is 160 Å². The van der Waals surface area contributed by atoms with E-state index in [0.29, 0.717) is 12.8 Å². The van der Waals surface area contributed by atoms with Gasteiger partial charge in [-0.1, -0.05) is 54.8 Å². The fourth-order valence-electron chi connectivity index (χ4n) is 2.37.